The standard InChI is InChI=1S/C14H19N3O2/c15-14(16-9-10-2-3-10)17-11-4-5-12-13(8-11)19-7-1-6-18-12/h4-5,8,10H,1-3,6-7,9H2,(H3,15,16,17). The maximum Gasteiger partial charge on any atom is 0.193 e. The van der Waals surface area contributed by atoms with Crippen LogP contribution < -0.4 is 20.5 Å². The highest BCUT2D eigenvalue weighted by atomic mass is 16.5. The lowest BCUT2D eigenvalue weighted by Crippen LogP contribution is -2.23. The summed E-state index contributed by atoms with van der Waals surface area (Å²) < 4.78 is 11.2. The van der Waals surface area contributed by atoms with Crippen molar-refractivity contribution in [2.75, 3.05) is 25.1 Å². The number of nitrogens with one attached hydrogen (secondary N) is 1. The number of fused-ring (bicyclic) bond motifs is 1. The molecular weight excluding hydrogens is 242 g/mol. The predicted octanol–water partition coefficient (Wildman–Crippen LogP) is 1.98. The van der Waals surface area contributed by atoms with E-state index in [1.807, 2.05) is 18.2 Å². The van der Waals surface area contributed by atoms with Crippen LogP contribution in [-0.2, 0) is 0 Å². The summed E-state index contributed by atoms with van der Waals surface area (Å²) in [7, 11) is 0. The fourth-order valence-electron chi connectivity index (χ4n) is 1.96. The van der Waals surface area contributed by atoms with E-state index in [0.29, 0.717) is 19.2 Å². The summed E-state index contributed by atoms with van der Waals surface area (Å²) in [5.74, 6) is 2.75. The minimum atomic E-state index is 0.460. The Labute approximate surface area is 112 Å². The molecule has 1 aliphatic heterocycles. The Kier molecular flexibility index (Phi) is 3.44. The maximum atomic E-state index is 5.86. The van der Waals surface area contributed by atoms with Crippen molar-refractivity contribution in [1.29, 1.82) is 0 Å². The second kappa shape index (κ2) is 5.38. The van der Waals surface area contributed by atoms with E-state index >= 15 is 0 Å². The molecule has 0 atom stereocenters. The van der Waals surface area contributed by atoms with E-state index in [1.54, 1.807) is 0 Å². The van der Waals surface area contributed by atoms with Crippen LogP contribution in [0.3, 0.4) is 0 Å². The van der Waals surface area contributed by atoms with Crippen LogP contribution in [0.4, 0.5) is 5.69 Å². The molecule has 102 valence electrons. The molecular formula is C14H19N3O2. The van der Waals surface area contributed by atoms with Crippen LogP contribution in [0, 0.1) is 5.92 Å². The van der Waals surface area contributed by atoms with Gasteiger partial charge in [-0.15, -0.1) is 0 Å². The molecule has 3 rings (SSSR count). The van der Waals surface area contributed by atoms with Crippen LogP contribution in [0.25, 0.3) is 0 Å². The van der Waals surface area contributed by atoms with Gasteiger partial charge in [-0.05, 0) is 30.9 Å². The van der Waals surface area contributed by atoms with E-state index in [2.05, 4.69) is 10.3 Å². The van der Waals surface area contributed by atoms with Crippen molar-refractivity contribution in [3.05, 3.63) is 18.2 Å². The number of anilines is 1. The predicted molar refractivity (Wildman–Crippen MR) is 74.9 cm³/mol. The average Bonchev–Trinajstić information content (AvgIpc) is 3.23. The fraction of sp³-hybridized carbons (Fsp3) is 0.500. The molecule has 3 N–H and O–H groups in total. The largest absolute Gasteiger partial charge is 0.490 e. The van der Waals surface area contributed by atoms with Gasteiger partial charge in [-0.3, -0.25) is 4.99 Å². The number of nitrogens with two attached hydrogens (primary N) is 1. The molecule has 0 radical (unpaired) electrons. The van der Waals surface area contributed by atoms with Crippen LogP contribution in [-0.4, -0.2) is 25.7 Å². The number of nitrogens with zero attached hydrogens (tertiary/aromatic N) is 1. The first-order valence-electron chi connectivity index (χ1n) is 6.78. The molecule has 0 spiro atoms. The molecule has 1 aromatic carbocycles. The van der Waals surface area contributed by atoms with Crippen molar-refractivity contribution in [3.8, 4) is 11.5 Å². The summed E-state index contributed by atoms with van der Waals surface area (Å²) in [5.41, 5.74) is 6.73. The Balaban J connectivity index is 1.67. The lowest BCUT2D eigenvalue weighted by atomic mass is 10.3. The number of benzene rings is 1. The van der Waals surface area contributed by atoms with Gasteiger partial charge in [-0.2, -0.15) is 0 Å². The van der Waals surface area contributed by atoms with Crippen LogP contribution in [0.5, 0.6) is 11.5 Å². The summed E-state index contributed by atoms with van der Waals surface area (Å²) in [5, 5.41) is 3.09. The summed E-state index contributed by atoms with van der Waals surface area (Å²) in [4.78, 5) is 4.32. The highest BCUT2D eigenvalue weighted by molar-refractivity contribution is 5.92. The lowest BCUT2D eigenvalue weighted by Gasteiger charge is -2.10. The number of ether oxygens (including phenoxy) is 2. The number of aliphatic imine (C=N–C) groups is 1. The highest BCUT2D eigenvalue weighted by Crippen LogP contribution is 2.32. The number of hydrogen-bond donors (Lipinski definition) is 2. The topological polar surface area (TPSA) is 68.9 Å². The minimum absolute atomic E-state index is 0.460. The van der Waals surface area contributed by atoms with Crippen molar-refractivity contribution in [1.82, 2.24) is 0 Å². The maximum absolute atomic E-state index is 5.86. The summed E-state index contributed by atoms with van der Waals surface area (Å²) >= 11 is 0. The Morgan fingerprint density at radius 3 is 2.84 bits per heavy atom. The lowest BCUT2D eigenvalue weighted by molar-refractivity contribution is 0.297. The minimum Gasteiger partial charge on any atom is -0.490 e. The number of hydrogen-bond acceptors (Lipinski definition) is 3. The first kappa shape index (κ1) is 12.1. The van der Waals surface area contributed by atoms with E-state index in [1.165, 1.54) is 12.8 Å². The fourth-order valence-corrected chi connectivity index (χ4v) is 1.96. The third kappa shape index (κ3) is 3.30. The molecule has 1 aliphatic carbocycles. The van der Waals surface area contributed by atoms with Gasteiger partial charge >= 0.3 is 0 Å². The van der Waals surface area contributed by atoms with Gasteiger partial charge in [0.25, 0.3) is 0 Å². The normalized spacial score (nSPS) is 18.8. The molecule has 5 heteroatoms. The Bertz CT molecular complexity index is 484. The zero-order valence-electron chi connectivity index (χ0n) is 10.9. The summed E-state index contributed by atoms with van der Waals surface area (Å²) in [6.07, 6.45) is 3.46. The Hall–Kier alpha value is -1.91. The van der Waals surface area contributed by atoms with Gasteiger partial charge in [0, 0.05) is 24.7 Å². The van der Waals surface area contributed by atoms with Crippen molar-refractivity contribution in [3.63, 3.8) is 0 Å². The zero-order valence-corrected chi connectivity index (χ0v) is 10.9. The van der Waals surface area contributed by atoms with Gasteiger partial charge in [-0.25, -0.2) is 0 Å². The molecule has 2 aliphatic rings. The van der Waals surface area contributed by atoms with Crippen LogP contribution in [0.2, 0.25) is 0 Å². The second-order valence-corrected chi connectivity index (χ2v) is 5.01. The third-order valence-corrected chi connectivity index (χ3v) is 3.24. The molecule has 1 fully saturated rings. The van der Waals surface area contributed by atoms with Crippen molar-refractivity contribution >= 4 is 11.6 Å². The molecule has 19 heavy (non-hydrogen) atoms. The number of guanidine groups is 1. The molecule has 0 unspecified atom stereocenters. The molecule has 0 bridgehead atoms. The van der Waals surface area contributed by atoms with Gasteiger partial charge in [-0.1, -0.05) is 0 Å². The van der Waals surface area contributed by atoms with E-state index < -0.39 is 0 Å². The smallest absolute Gasteiger partial charge is 0.193 e. The molecule has 0 amide bonds. The van der Waals surface area contributed by atoms with E-state index in [0.717, 1.165) is 36.1 Å². The van der Waals surface area contributed by atoms with Crippen LogP contribution >= 0.6 is 0 Å². The highest BCUT2D eigenvalue weighted by Gasteiger charge is 2.20. The van der Waals surface area contributed by atoms with E-state index in [4.69, 9.17) is 15.2 Å². The van der Waals surface area contributed by atoms with Gasteiger partial charge in [0.1, 0.15) is 0 Å². The third-order valence-electron chi connectivity index (χ3n) is 3.24. The van der Waals surface area contributed by atoms with Gasteiger partial charge in [0.2, 0.25) is 0 Å². The van der Waals surface area contributed by atoms with E-state index in [9.17, 15) is 0 Å². The molecule has 5 nitrogen and oxygen atoms in total. The Morgan fingerprint density at radius 1 is 1.26 bits per heavy atom. The van der Waals surface area contributed by atoms with Crippen LogP contribution in [0.1, 0.15) is 19.3 Å². The van der Waals surface area contributed by atoms with Gasteiger partial charge < -0.3 is 20.5 Å². The molecule has 0 saturated heterocycles. The Morgan fingerprint density at radius 2 is 2.05 bits per heavy atom. The molecule has 1 saturated carbocycles. The first-order valence-corrected chi connectivity index (χ1v) is 6.78. The summed E-state index contributed by atoms with van der Waals surface area (Å²) in [6.45, 7) is 2.20. The molecule has 0 aromatic heterocycles. The summed E-state index contributed by atoms with van der Waals surface area (Å²) in [6, 6.07) is 5.73. The van der Waals surface area contributed by atoms with Crippen molar-refractivity contribution < 1.29 is 9.47 Å². The zero-order chi connectivity index (χ0) is 13.1. The monoisotopic (exact) mass is 261 g/mol. The SMILES string of the molecule is NC(=NCC1CC1)Nc1ccc2c(c1)OCCCO2. The van der Waals surface area contributed by atoms with Crippen molar-refractivity contribution in [2.24, 2.45) is 16.6 Å². The van der Waals surface area contributed by atoms with E-state index in [-0.39, 0.29) is 0 Å². The van der Waals surface area contributed by atoms with Gasteiger partial charge in [0.15, 0.2) is 17.5 Å². The average molecular weight is 261 g/mol. The first-order chi connectivity index (χ1) is 9.31. The quantitative estimate of drug-likeness (QED) is 0.645. The van der Waals surface area contributed by atoms with Gasteiger partial charge in [0.05, 0.1) is 13.2 Å². The number of rotatable bonds is 3. The molecule has 1 aromatic rings. The second-order valence-electron chi connectivity index (χ2n) is 5.01. The van der Waals surface area contributed by atoms with Crippen molar-refractivity contribution in [2.45, 2.75) is 19.3 Å². The molecule has 1 heterocycles. The van der Waals surface area contributed by atoms with Crippen LogP contribution in [0.15, 0.2) is 23.2 Å².